The van der Waals surface area contributed by atoms with Crippen LogP contribution in [0.25, 0.3) is 0 Å². The first kappa shape index (κ1) is 19.6. The quantitative estimate of drug-likeness (QED) is 0.735. The predicted molar refractivity (Wildman–Crippen MR) is 109 cm³/mol. The first-order valence-electron chi connectivity index (χ1n) is 10.4. The number of likely N-dealkylation sites (tertiary alicyclic amines) is 1. The number of nitrogens with zero attached hydrogens (tertiary/aromatic N) is 4. The van der Waals surface area contributed by atoms with E-state index in [0.29, 0.717) is 6.04 Å². The Balaban J connectivity index is 1.51. The van der Waals surface area contributed by atoms with Crippen molar-refractivity contribution in [2.75, 3.05) is 18.0 Å². The number of hydrogen-bond acceptors (Lipinski definition) is 6. The van der Waals surface area contributed by atoms with E-state index in [2.05, 4.69) is 14.9 Å². The number of anilines is 1. The minimum Gasteiger partial charge on any atom is -0.399 e. The molecular formula is C20H31BN4O3. The molecule has 1 aromatic rings. The van der Waals surface area contributed by atoms with Gasteiger partial charge in [0.25, 0.3) is 0 Å². The highest BCUT2D eigenvalue weighted by Crippen LogP contribution is 2.37. The van der Waals surface area contributed by atoms with E-state index in [1.807, 2.05) is 45.0 Å². The van der Waals surface area contributed by atoms with Crippen molar-refractivity contribution in [2.45, 2.75) is 83.6 Å². The van der Waals surface area contributed by atoms with E-state index >= 15 is 0 Å². The highest BCUT2D eigenvalue weighted by Gasteiger charge is 2.52. The fourth-order valence-electron chi connectivity index (χ4n) is 4.01. The third-order valence-electron chi connectivity index (χ3n) is 6.59. The van der Waals surface area contributed by atoms with Gasteiger partial charge in [-0.2, -0.15) is 0 Å². The maximum Gasteiger partial charge on any atom is 0.498 e. The molecule has 8 heteroatoms. The van der Waals surface area contributed by atoms with Crippen LogP contribution < -0.4 is 10.4 Å². The molecule has 0 unspecified atom stereocenters. The molecular weight excluding hydrogens is 355 g/mol. The number of amides is 1. The summed E-state index contributed by atoms with van der Waals surface area (Å²) in [6.45, 7) is 11.4. The Kier molecular flexibility index (Phi) is 4.90. The van der Waals surface area contributed by atoms with Crippen LogP contribution >= 0.6 is 0 Å². The van der Waals surface area contributed by atoms with Crippen molar-refractivity contribution in [1.82, 2.24) is 14.9 Å². The Morgan fingerprint density at radius 1 is 1.11 bits per heavy atom. The van der Waals surface area contributed by atoms with Gasteiger partial charge in [-0.05, 0) is 53.4 Å². The maximum absolute atomic E-state index is 11.8. The zero-order chi connectivity index (χ0) is 20.1. The van der Waals surface area contributed by atoms with Crippen LogP contribution in [0.15, 0.2) is 12.4 Å². The summed E-state index contributed by atoms with van der Waals surface area (Å²) in [5, 5.41) is 0. The lowest BCUT2D eigenvalue weighted by Crippen LogP contribution is -2.51. The van der Waals surface area contributed by atoms with E-state index in [1.165, 1.54) is 12.8 Å². The number of aromatic nitrogens is 2. The van der Waals surface area contributed by atoms with Crippen molar-refractivity contribution in [2.24, 2.45) is 0 Å². The van der Waals surface area contributed by atoms with Gasteiger partial charge in [0.1, 0.15) is 0 Å². The molecule has 1 aliphatic carbocycles. The third kappa shape index (κ3) is 3.64. The molecule has 0 aromatic carbocycles. The molecule has 7 nitrogen and oxygen atoms in total. The Bertz CT molecular complexity index is 719. The van der Waals surface area contributed by atoms with Gasteiger partial charge in [0.2, 0.25) is 11.9 Å². The van der Waals surface area contributed by atoms with Crippen LogP contribution in [0.5, 0.6) is 0 Å². The van der Waals surface area contributed by atoms with Gasteiger partial charge in [0, 0.05) is 50.0 Å². The zero-order valence-electron chi connectivity index (χ0n) is 17.6. The lowest BCUT2D eigenvalue weighted by Gasteiger charge is -2.39. The van der Waals surface area contributed by atoms with E-state index in [1.54, 1.807) is 6.92 Å². The van der Waals surface area contributed by atoms with Crippen molar-refractivity contribution < 1.29 is 14.1 Å². The van der Waals surface area contributed by atoms with Gasteiger partial charge in [0.15, 0.2) is 0 Å². The lowest BCUT2D eigenvalue weighted by atomic mass is 9.81. The molecule has 3 aliphatic rings. The molecule has 0 N–H and O–H groups in total. The summed E-state index contributed by atoms with van der Waals surface area (Å²) in [6, 6.07) is 0.771. The Hall–Kier alpha value is -1.67. The van der Waals surface area contributed by atoms with Crippen LogP contribution in [-0.2, 0) is 14.1 Å². The van der Waals surface area contributed by atoms with Crippen LogP contribution in [0.2, 0.25) is 0 Å². The summed E-state index contributed by atoms with van der Waals surface area (Å²) >= 11 is 0. The van der Waals surface area contributed by atoms with Crippen LogP contribution in [0.4, 0.5) is 5.95 Å². The van der Waals surface area contributed by atoms with E-state index in [-0.39, 0.29) is 23.2 Å². The van der Waals surface area contributed by atoms with Crippen molar-refractivity contribution in [3.05, 3.63) is 12.4 Å². The fourth-order valence-corrected chi connectivity index (χ4v) is 4.01. The monoisotopic (exact) mass is 386 g/mol. The molecule has 28 heavy (non-hydrogen) atoms. The number of piperidine rings is 1. The van der Waals surface area contributed by atoms with Crippen LogP contribution in [0.3, 0.4) is 0 Å². The van der Waals surface area contributed by atoms with E-state index in [9.17, 15) is 4.79 Å². The Morgan fingerprint density at radius 2 is 1.71 bits per heavy atom. The van der Waals surface area contributed by atoms with Gasteiger partial charge < -0.3 is 19.1 Å². The summed E-state index contributed by atoms with van der Waals surface area (Å²) in [4.78, 5) is 25.5. The van der Waals surface area contributed by atoms with Gasteiger partial charge in [0.05, 0.1) is 11.2 Å². The van der Waals surface area contributed by atoms with Crippen molar-refractivity contribution >= 4 is 24.4 Å². The van der Waals surface area contributed by atoms with Crippen molar-refractivity contribution in [3.8, 4) is 0 Å². The summed E-state index contributed by atoms with van der Waals surface area (Å²) < 4.78 is 12.2. The van der Waals surface area contributed by atoms with Crippen molar-refractivity contribution in [1.29, 1.82) is 0 Å². The first-order chi connectivity index (χ1) is 13.2. The smallest absolute Gasteiger partial charge is 0.399 e. The Labute approximate surface area is 167 Å². The number of hydrogen-bond donors (Lipinski definition) is 0. The molecule has 4 rings (SSSR count). The van der Waals surface area contributed by atoms with E-state index < -0.39 is 7.12 Å². The lowest BCUT2D eigenvalue weighted by molar-refractivity contribution is -0.130. The zero-order valence-corrected chi connectivity index (χ0v) is 17.6. The molecule has 3 heterocycles. The Morgan fingerprint density at radius 3 is 2.25 bits per heavy atom. The van der Waals surface area contributed by atoms with Crippen molar-refractivity contribution in [3.63, 3.8) is 0 Å². The molecule has 1 saturated carbocycles. The fraction of sp³-hybridized carbons (Fsp3) is 0.750. The second-order valence-electron chi connectivity index (χ2n) is 9.30. The second-order valence-corrected chi connectivity index (χ2v) is 9.30. The maximum atomic E-state index is 11.8. The van der Waals surface area contributed by atoms with Crippen LogP contribution in [0, 0.1) is 0 Å². The summed E-state index contributed by atoms with van der Waals surface area (Å²) in [5.74, 6) is 0.899. The molecule has 3 fully saturated rings. The second kappa shape index (κ2) is 6.99. The summed E-state index contributed by atoms with van der Waals surface area (Å²) in [7, 11) is -0.448. The highest BCUT2D eigenvalue weighted by molar-refractivity contribution is 6.61. The summed E-state index contributed by atoms with van der Waals surface area (Å²) in [5.41, 5.74) is 0.0793. The average molecular weight is 386 g/mol. The van der Waals surface area contributed by atoms with E-state index in [4.69, 9.17) is 9.31 Å². The standard InChI is InChI=1S/C20H31BN4O3/c1-14(26)24-10-6-7-17(13-24)25(16-8-9-16)18-22-11-15(12-23-18)21-27-19(2,3)20(4,5)28-21/h11-12,16-17H,6-10,13H2,1-5H3/t17-/m0/s1. The first-order valence-corrected chi connectivity index (χ1v) is 10.4. The van der Waals surface area contributed by atoms with Gasteiger partial charge in [-0.25, -0.2) is 9.97 Å². The summed E-state index contributed by atoms with van der Waals surface area (Å²) in [6.07, 6.45) is 8.08. The third-order valence-corrected chi connectivity index (χ3v) is 6.59. The average Bonchev–Trinajstić information content (AvgIpc) is 3.43. The van der Waals surface area contributed by atoms with Gasteiger partial charge in [-0.15, -0.1) is 0 Å². The number of carbonyl (C=O) groups excluding carboxylic acids is 1. The van der Waals surface area contributed by atoms with Gasteiger partial charge in [-0.3, -0.25) is 4.79 Å². The molecule has 2 saturated heterocycles. The normalized spacial score (nSPS) is 26.4. The topological polar surface area (TPSA) is 67.8 Å². The number of rotatable bonds is 4. The minimum atomic E-state index is -0.448. The molecule has 1 aromatic heterocycles. The molecule has 0 spiro atoms. The molecule has 2 aliphatic heterocycles. The van der Waals surface area contributed by atoms with Gasteiger partial charge in [-0.1, -0.05) is 0 Å². The molecule has 1 atom stereocenters. The number of carbonyl (C=O) groups is 1. The highest BCUT2D eigenvalue weighted by atomic mass is 16.7. The van der Waals surface area contributed by atoms with Crippen LogP contribution in [-0.4, -0.2) is 64.3 Å². The van der Waals surface area contributed by atoms with Crippen LogP contribution in [0.1, 0.15) is 60.3 Å². The molecule has 0 radical (unpaired) electrons. The van der Waals surface area contributed by atoms with Gasteiger partial charge >= 0.3 is 7.12 Å². The molecule has 0 bridgehead atoms. The molecule has 152 valence electrons. The minimum absolute atomic E-state index is 0.150. The van der Waals surface area contributed by atoms with E-state index in [0.717, 1.165) is 37.3 Å². The largest absolute Gasteiger partial charge is 0.498 e. The predicted octanol–water partition coefficient (Wildman–Crippen LogP) is 1.76. The molecule has 1 amide bonds. The SMILES string of the molecule is CC(=O)N1CCC[C@H](N(c2ncc(B3OC(C)(C)C(C)(C)O3)cn2)C2CC2)C1.